The van der Waals surface area contributed by atoms with E-state index in [1.807, 2.05) is 0 Å². The Balaban J connectivity index is 2.25. The number of hydrogen-bond donors (Lipinski definition) is 1. The van der Waals surface area contributed by atoms with Gasteiger partial charge in [0, 0.05) is 23.4 Å². The summed E-state index contributed by atoms with van der Waals surface area (Å²) < 4.78 is 0. The van der Waals surface area contributed by atoms with Crippen molar-refractivity contribution in [3.8, 4) is 11.8 Å². The fraction of sp³-hybridized carbons (Fsp3) is 0.167. The van der Waals surface area contributed by atoms with Gasteiger partial charge < -0.3 is 4.98 Å². The Labute approximate surface area is 102 Å². The summed E-state index contributed by atoms with van der Waals surface area (Å²) in [5.74, 6) is 5.82. The Morgan fingerprint density at radius 3 is 3.22 bits per heavy atom. The van der Waals surface area contributed by atoms with E-state index in [1.165, 1.54) is 6.33 Å². The summed E-state index contributed by atoms with van der Waals surface area (Å²) in [5, 5.41) is 3.92. The summed E-state index contributed by atoms with van der Waals surface area (Å²) in [7, 11) is 0. The van der Waals surface area contributed by atoms with Crippen molar-refractivity contribution < 1.29 is 0 Å². The van der Waals surface area contributed by atoms with Crippen molar-refractivity contribution in [1.29, 1.82) is 0 Å². The molecule has 0 radical (unpaired) electrons. The van der Waals surface area contributed by atoms with Gasteiger partial charge in [-0.2, -0.15) is 0 Å². The van der Waals surface area contributed by atoms with Crippen LogP contribution in [0.5, 0.6) is 0 Å². The summed E-state index contributed by atoms with van der Waals surface area (Å²) in [6, 6.07) is 5.21. The van der Waals surface area contributed by atoms with E-state index in [9.17, 15) is 4.79 Å². The average Bonchev–Trinajstić information content (AvgIpc) is 2.39. The number of fused-ring (bicyclic) bond motifs is 1. The molecule has 0 fully saturated rings. The van der Waals surface area contributed by atoms with E-state index in [-0.39, 0.29) is 5.56 Å². The smallest absolute Gasteiger partial charge is 0.258 e. The number of nitrogens with zero attached hydrogens (tertiary/aromatic N) is 4. The van der Waals surface area contributed by atoms with Gasteiger partial charge in [0.25, 0.3) is 5.56 Å². The van der Waals surface area contributed by atoms with E-state index in [4.69, 9.17) is 5.53 Å². The van der Waals surface area contributed by atoms with Gasteiger partial charge in [0.2, 0.25) is 0 Å². The van der Waals surface area contributed by atoms with Crippen molar-refractivity contribution in [2.24, 2.45) is 5.11 Å². The molecule has 0 bridgehead atoms. The van der Waals surface area contributed by atoms with Crippen molar-refractivity contribution in [1.82, 2.24) is 9.97 Å². The molecule has 2 rings (SSSR count). The van der Waals surface area contributed by atoms with Crippen LogP contribution in [0.2, 0.25) is 0 Å². The summed E-state index contributed by atoms with van der Waals surface area (Å²) in [6.07, 6.45) is 1.87. The molecule has 1 aromatic carbocycles. The molecule has 1 heterocycles. The molecule has 0 aliphatic heterocycles. The second-order valence-corrected chi connectivity index (χ2v) is 3.47. The van der Waals surface area contributed by atoms with Gasteiger partial charge in [0.1, 0.15) is 0 Å². The number of aromatic amines is 1. The van der Waals surface area contributed by atoms with Crippen molar-refractivity contribution in [2.45, 2.75) is 6.42 Å². The Morgan fingerprint density at radius 1 is 1.50 bits per heavy atom. The Morgan fingerprint density at radius 2 is 2.39 bits per heavy atom. The molecule has 0 atom stereocenters. The molecule has 2 aromatic rings. The van der Waals surface area contributed by atoms with E-state index >= 15 is 0 Å². The lowest BCUT2D eigenvalue weighted by molar-refractivity contribution is 1.01. The highest BCUT2D eigenvalue weighted by Gasteiger charge is 1.98. The zero-order valence-corrected chi connectivity index (χ0v) is 9.42. The van der Waals surface area contributed by atoms with Crippen LogP contribution >= 0.6 is 0 Å². The lowest BCUT2D eigenvalue weighted by atomic mass is 10.1. The molecule has 0 saturated carbocycles. The van der Waals surface area contributed by atoms with Crippen LogP contribution < -0.4 is 5.56 Å². The second-order valence-electron chi connectivity index (χ2n) is 3.47. The lowest BCUT2D eigenvalue weighted by Crippen LogP contribution is -2.05. The number of H-pyrrole nitrogens is 1. The standard InChI is InChI=1S/C12H9N5O/c13-17-16-6-2-1-3-9-4-5-10-11(7-9)14-8-15-12(10)18/h4-5,7-8H,2,6H2,(H,14,15,18). The minimum atomic E-state index is -0.164. The number of azide groups is 1. The molecule has 0 unspecified atom stereocenters. The minimum absolute atomic E-state index is 0.164. The number of rotatable bonds is 2. The summed E-state index contributed by atoms with van der Waals surface area (Å²) in [4.78, 5) is 20.7. The Kier molecular flexibility index (Phi) is 3.59. The van der Waals surface area contributed by atoms with Crippen LogP contribution in [-0.4, -0.2) is 16.5 Å². The highest BCUT2D eigenvalue weighted by Crippen LogP contribution is 2.08. The summed E-state index contributed by atoms with van der Waals surface area (Å²) >= 11 is 0. The molecular weight excluding hydrogens is 230 g/mol. The van der Waals surface area contributed by atoms with Gasteiger partial charge in [-0.3, -0.25) is 4.79 Å². The topological polar surface area (TPSA) is 94.5 Å². The first-order valence-corrected chi connectivity index (χ1v) is 5.28. The number of benzene rings is 1. The SMILES string of the molecule is [N-]=[N+]=NCCC#Cc1ccc2c(=O)[nH]cnc2c1. The van der Waals surface area contributed by atoms with Gasteiger partial charge in [0.05, 0.1) is 17.2 Å². The number of aromatic nitrogens is 2. The molecule has 1 N–H and O–H groups in total. The number of nitrogens with one attached hydrogen (secondary N) is 1. The maximum Gasteiger partial charge on any atom is 0.258 e. The van der Waals surface area contributed by atoms with Crippen LogP contribution in [0.25, 0.3) is 21.3 Å². The molecule has 0 aliphatic carbocycles. The minimum Gasteiger partial charge on any atom is -0.313 e. The fourth-order valence-electron chi connectivity index (χ4n) is 1.46. The summed E-state index contributed by atoms with van der Waals surface area (Å²) in [6.45, 7) is 0.356. The molecule has 88 valence electrons. The first kappa shape index (κ1) is 11.7. The van der Waals surface area contributed by atoms with Crippen molar-refractivity contribution in [3.63, 3.8) is 0 Å². The molecule has 6 nitrogen and oxygen atoms in total. The fourth-order valence-corrected chi connectivity index (χ4v) is 1.46. The van der Waals surface area contributed by atoms with Crippen LogP contribution in [0.1, 0.15) is 12.0 Å². The quantitative estimate of drug-likeness (QED) is 0.285. The largest absolute Gasteiger partial charge is 0.313 e. The second kappa shape index (κ2) is 5.53. The van der Waals surface area contributed by atoms with Gasteiger partial charge in [-0.25, -0.2) is 4.98 Å². The monoisotopic (exact) mass is 239 g/mol. The first-order chi connectivity index (χ1) is 8.81. The van der Waals surface area contributed by atoms with E-state index in [0.717, 1.165) is 5.56 Å². The first-order valence-electron chi connectivity index (χ1n) is 5.28. The molecule has 0 spiro atoms. The Bertz CT molecular complexity index is 731. The molecule has 0 amide bonds. The van der Waals surface area contributed by atoms with Crippen LogP contribution in [-0.2, 0) is 0 Å². The van der Waals surface area contributed by atoms with E-state index in [1.54, 1.807) is 18.2 Å². The van der Waals surface area contributed by atoms with Crippen LogP contribution in [0.4, 0.5) is 0 Å². The van der Waals surface area contributed by atoms with Gasteiger partial charge in [-0.15, -0.1) is 0 Å². The molecule has 6 heteroatoms. The van der Waals surface area contributed by atoms with Gasteiger partial charge in [-0.1, -0.05) is 17.0 Å². The van der Waals surface area contributed by atoms with Crippen LogP contribution in [0.3, 0.4) is 0 Å². The molecule has 1 aromatic heterocycles. The molecule has 0 saturated heterocycles. The lowest BCUT2D eigenvalue weighted by Gasteiger charge is -1.95. The van der Waals surface area contributed by atoms with Gasteiger partial charge in [0.15, 0.2) is 0 Å². The van der Waals surface area contributed by atoms with Crippen molar-refractivity contribution in [3.05, 3.63) is 50.9 Å². The average molecular weight is 239 g/mol. The predicted molar refractivity (Wildman–Crippen MR) is 67.9 cm³/mol. The summed E-state index contributed by atoms with van der Waals surface area (Å²) in [5.41, 5.74) is 9.32. The van der Waals surface area contributed by atoms with Crippen LogP contribution in [0.15, 0.2) is 34.4 Å². The number of hydrogen-bond acceptors (Lipinski definition) is 3. The van der Waals surface area contributed by atoms with E-state index < -0.39 is 0 Å². The van der Waals surface area contributed by atoms with E-state index in [2.05, 4.69) is 31.8 Å². The normalized spacial score (nSPS) is 9.33. The maximum atomic E-state index is 11.4. The highest BCUT2D eigenvalue weighted by atomic mass is 16.1. The molecule has 18 heavy (non-hydrogen) atoms. The third kappa shape index (κ3) is 2.67. The predicted octanol–water partition coefficient (Wildman–Crippen LogP) is 1.98. The third-order valence-corrected chi connectivity index (χ3v) is 2.27. The Hall–Kier alpha value is -2.77. The molecular formula is C12H9N5O. The van der Waals surface area contributed by atoms with Crippen LogP contribution in [0, 0.1) is 11.8 Å². The van der Waals surface area contributed by atoms with Gasteiger partial charge in [-0.05, 0) is 23.7 Å². The maximum absolute atomic E-state index is 11.4. The highest BCUT2D eigenvalue weighted by molar-refractivity contribution is 5.78. The zero-order chi connectivity index (χ0) is 12.8. The molecule has 0 aliphatic rings. The van der Waals surface area contributed by atoms with E-state index in [0.29, 0.717) is 23.9 Å². The van der Waals surface area contributed by atoms with Gasteiger partial charge >= 0.3 is 0 Å². The van der Waals surface area contributed by atoms with Crippen molar-refractivity contribution in [2.75, 3.05) is 6.54 Å². The third-order valence-electron chi connectivity index (χ3n) is 2.27. The van der Waals surface area contributed by atoms with Crippen molar-refractivity contribution >= 4 is 10.9 Å². The zero-order valence-electron chi connectivity index (χ0n) is 9.42.